The molecule has 0 fully saturated rings. The van der Waals surface area contributed by atoms with Gasteiger partial charge >= 0.3 is 57.4 Å². The Labute approximate surface area is 376 Å². The maximum absolute atomic E-state index is 12.6. The largest absolute Gasteiger partial charge is 1.00 e. The molecule has 0 atom stereocenters. The molecule has 5 rings (SSSR count). The van der Waals surface area contributed by atoms with Crippen LogP contribution in [-0.2, 0) is 4.79 Å². The molecule has 0 bridgehead atoms. The van der Waals surface area contributed by atoms with Crippen LogP contribution in [0.1, 0.15) is 36.5 Å². The number of terminal acetylenes is 1. The van der Waals surface area contributed by atoms with Crippen LogP contribution < -0.4 is 72.2 Å². The predicted octanol–water partition coefficient (Wildman–Crippen LogP) is 6.32. The molecule has 0 aromatic heterocycles. The number of hydrogen-bond donors (Lipinski definition) is 3. The van der Waals surface area contributed by atoms with Gasteiger partial charge in [0, 0.05) is 47.1 Å². The molecule has 1 aliphatic heterocycles. The van der Waals surface area contributed by atoms with Crippen molar-refractivity contribution in [2.24, 2.45) is 10.2 Å². The summed E-state index contributed by atoms with van der Waals surface area (Å²) in [5, 5.41) is 17.1. The summed E-state index contributed by atoms with van der Waals surface area (Å²) in [5.74, 6) is 0. The van der Waals surface area contributed by atoms with E-state index in [0.717, 1.165) is 59.0 Å². The van der Waals surface area contributed by atoms with Gasteiger partial charge in [-0.2, -0.15) is 28.4 Å². The summed E-state index contributed by atoms with van der Waals surface area (Å²) in [7, 11) is 7.99. The molecule has 10 nitrogen and oxygen atoms in total. The number of carbonyl (C=O) groups excluding carboxylic acids is 2. The monoisotopic (exact) mass is 775 g/mol. The van der Waals surface area contributed by atoms with Gasteiger partial charge < -0.3 is 35.4 Å². The second-order valence-electron chi connectivity index (χ2n) is 13.2. The third-order valence-corrected chi connectivity index (χ3v) is 7.87. The van der Waals surface area contributed by atoms with Crippen LogP contribution in [0.3, 0.4) is 0 Å². The SMILES string of the molecule is C#CN(/C=C(\C)c1cccc(NC(=O)Nc2cccc(C3=CCN=N3)c2)c1)c1cc[c-]cc1.C=C(CCN(C)C)Nc1ccc(C)cc1.CN(C)CC[C-]=O.[K+]. The molecule has 56 heavy (non-hydrogen) atoms. The number of rotatable bonds is 14. The maximum atomic E-state index is 12.6. The van der Waals surface area contributed by atoms with E-state index in [1.165, 1.54) is 5.56 Å². The van der Waals surface area contributed by atoms with Gasteiger partial charge in [0.1, 0.15) is 0 Å². The number of urea groups is 1. The molecule has 0 saturated heterocycles. The van der Waals surface area contributed by atoms with Gasteiger partial charge in [-0.15, -0.1) is 18.6 Å². The number of aryl methyl sites for hydroxylation is 1. The minimum Gasteiger partial charge on any atom is -0.542 e. The average Bonchev–Trinajstić information content (AvgIpc) is 3.73. The quantitative estimate of drug-likeness (QED) is 0.0600. The maximum Gasteiger partial charge on any atom is 1.00 e. The van der Waals surface area contributed by atoms with Crippen molar-refractivity contribution in [3.8, 4) is 12.5 Å². The second-order valence-corrected chi connectivity index (χ2v) is 13.2. The Balaban J connectivity index is 0.000000390. The number of amides is 2. The minimum atomic E-state index is -0.334. The van der Waals surface area contributed by atoms with Gasteiger partial charge in [0.05, 0.1) is 12.2 Å². The van der Waals surface area contributed by atoms with Crippen LogP contribution >= 0.6 is 0 Å². The van der Waals surface area contributed by atoms with Gasteiger partial charge in [-0.1, -0.05) is 60.7 Å². The van der Waals surface area contributed by atoms with Gasteiger partial charge in [0.2, 0.25) is 0 Å². The average molecular weight is 776 g/mol. The molecule has 1 aliphatic rings. The van der Waals surface area contributed by atoms with E-state index < -0.39 is 0 Å². The van der Waals surface area contributed by atoms with E-state index in [0.29, 0.717) is 24.3 Å². The Kier molecular flexibility index (Phi) is 22.3. The van der Waals surface area contributed by atoms with Crippen LogP contribution in [0.5, 0.6) is 0 Å². The number of nitrogens with one attached hydrogen (secondary N) is 3. The Morgan fingerprint density at radius 2 is 1.55 bits per heavy atom. The zero-order valence-corrected chi connectivity index (χ0v) is 36.9. The predicted molar refractivity (Wildman–Crippen MR) is 229 cm³/mol. The summed E-state index contributed by atoms with van der Waals surface area (Å²) >= 11 is 0. The smallest absolute Gasteiger partial charge is 0.542 e. The molecule has 11 heteroatoms. The van der Waals surface area contributed by atoms with Crippen molar-refractivity contribution in [1.82, 2.24) is 9.80 Å². The molecule has 1 heterocycles. The number of allylic oxidation sites excluding steroid dienone is 1. The first-order chi connectivity index (χ1) is 26.5. The van der Waals surface area contributed by atoms with E-state index in [1.54, 1.807) is 4.90 Å². The van der Waals surface area contributed by atoms with Gasteiger partial charge in [0.25, 0.3) is 0 Å². The molecule has 3 N–H and O–H groups in total. The topological polar surface area (TPSA) is 105 Å². The van der Waals surface area contributed by atoms with E-state index in [9.17, 15) is 9.59 Å². The molecular weight excluding hydrogens is 724 g/mol. The van der Waals surface area contributed by atoms with Crippen molar-refractivity contribution in [2.45, 2.75) is 26.7 Å². The molecule has 0 unspecified atom stereocenters. The van der Waals surface area contributed by atoms with Crippen LogP contribution in [0.15, 0.2) is 132 Å². The Morgan fingerprint density at radius 1 is 0.911 bits per heavy atom. The number of benzene rings is 4. The van der Waals surface area contributed by atoms with Crippen LogP contribution in [0, 0.1) is 25.5 Å². The summed E-state index contributed by atoms with van der Waals surface area (Å²) in [6.45, 7) is 10.5. The molecule has 0 saturated carbocycles. The molecule has 0 spiro atoms. The van der Waals surface area contributed by atoms with Crippen molar-refractivity contribution < 1.29 is 61.0 Å². The molecule has 286 valence electrons. The third kappa shape index (κ3) is 18.3. The second kappa shape index (κ2) is 26.3. The minimum absolute atomic E-state index is 0. The summed E-state index contributed by atoms with van der Waals surface area (Å²) < 4.78 is 0. The number of hydrogen-bond acceptors (Lipinski definition) is 8. The molecule has 2 amide bonds. The first-order valence-corrected chi connectivity index (χ1v) is 17.9. The normalized spacial score (nSPS) is 11.4. The Hall–Kier alpha value is -4.64. The van der Waals surface area contributed by atoms with E-state index in [4.69, 9.17) is 6.42 Å². The zero-order chi connectivity index (χ0) is 40.0. The van der Waals surface area contributed by atoms with Crippen LogP contribution in [-0.4, -0.2) is 69.9 Å². The Morgan fingerprint density at radius 3 is 2.12 bits per heavy atom. The van der Waals surface area contributed by atoms with Crippen LogP contribution in [0.4, 0.5) is 27.5 Å². The van der Waals surface area contributed by atoms with Crippen molar-refractivity contribution in [3.63, 3.8) is 0 Å². The summed E-state index contributed by atoms with van der Waals surface area (Å²) in [6.07, 6.45) is 12.8. The van der Waals surface area contributed by atoms with Gasteiger partial charge in [0.15, 0.2) is 0 Å². The summed E-state index contributed by atoms with van der Waals surface area (Å²) in [4.78, 5) is 27.9. The fourth-order valence-corrected chi connectivity index (χ4v) is 4.88. The fourth-order valence-electron chi connectivity index (χ4n) is 4.88. The third-order valence-electron chi connectivity index (χ3n) is 7.87. The molecule has 0 aliphatic carbocycles. The first kappa shape index (κ1) is 47.5. The van der Waals surface area contributed by atoms with Crippen molar-refractivity contribution in [1.29, 1.82) is 0 Å². The zero-order valence-electron chi connectivity index (χ0n) is 33.8. The standard InChI is InChI=1S/C27H22N5O.C13H20N2.C5H10NO.K/c1-3-32(25-13-5-4-6-14-25)19-20(2)21-9-7-11-23(17-21)29-27(33)30-24-12-8-10-22(18-24)26-15-16-28-31-26;1-11-5-7-13(8-6-11)14-12(2)9-10-15(3)4;1-6(2)4-3-5-7;/h1,5-15,17-19H,16H2,2H3,(H2,29,30,33);5-8,14H,2,9-10H2,1,3-4H3;3-4H2,1-2H3;/q-1;;-1;+1/b20-19+;;;. The van der Waals surface area contributed by atoms with Crippen LogP contribution in [0.25, 0.3) is 11.3 Å². The number of carbonyl (C=O) groups is 1. The Bertz CT molecular complexity index is 1970. The van der Waals surface area contributed by atoms with E-state index >= 15 is 0 Å². The number of anilines is 4. The molecular formula is C45H52KN8O2-. The summed E-state index contributed by atoms with van der Waals surface area (Å²) in [6, 6.07) is 36.2. The van der Waals surface area contributed by atoms with Gasteiger partial charge in [-0.05, 0) is 109 Å². The number of azo groups is 1. The number of nitrogens with zero attached hydrogens (tertiary/aromatic N) is 5. The van der Waals surface area contributed by atoms with Crippen LogP contribution in [0.2, 0.25) is 0 Å². The van der Waals surface area contributed by atoms with Crippen molar-refractivity contribution >= 4 is 46.3 Å². The van der Waals surface area contributed by atoms with E-state index in [-0.39, 0.29) is 57.4 Å². The molecule has 0 radical (unpaired) electrons. The van der Waals surface area contributed by atoms with Gasteiger partial charge in [-0.3, -0.25) is 6.29 Å². The summed E-state index contributed by atoms with van der Waals surface area (Å²) in [5.41, 5.74) is 9.29. The first-order valence-electron chi connectivity index (χ1n) is 17.9. The molecule has 4 aromatic carbocycles. The molecule has 4 aromatic rings. The van der Waals surface area contributed by atoms with Crippen molar-refractivity contribution in [3.05, 3.63) is 144 Å². The van der Waals surface area contributed by atoms with Gasteiger partial charge in [-0.25, -0.2) is 4.79 Å². The van der Waals surface area contributed by atoms with E-state index in [1.807, 2.05) is 117 Å². The fraction of sp³-hybridized carbons (Fsp3) is 0.244. The van der Waals surface area contributed by atoms with E-state index in [2.05, 4.69) is 95.1 Å². The van der Waals surface area contributed by atoms with Crippen molar-refractivity contribution in [2.75, 3.05) is 68.7 Å².